The summed E-state index contributed by atoms with van der Waals surface area (Å²) in [7, 11) is -9.29. The molecule has 1 atom stereocenters. The fourth-order valence-electron chi connectivity index (χ4n) is 3.13. The Morgan fingerprint density at radius 3 is 2.03 bits per heavy atom. The number of amides is 1. The maximum atomic E-state index is 14.2. The lowest BCUT2D eigenvalue weighted by Gasteiger charge is -2.16. The minimum atomic E-state index is -5.10. The van der Waals surface area contributed by atoms with Crippen LogP contribution in [-0.4, -0.2) is 34.0 Å². The molecule has 3 aromatic carbocycles. The van der Waals surface area contributed by atoms with Crippen molar-refractivity contribution in [3.63, 3.8) is 0 Å². The molecule has 0 spiro atoms. The third-order valence-electron chi connectivity index (χ3n) is 4.93. The molecule has 0 saturated heterocycles. The summed E-state index contributed by atoms with van der Waals surface area (Å²) in [5.41, 5.74) is 0.145. The van der Waals surface area contributed by atoms with E-state index in [9.17, 15) is 44.3 Å². The summed E-state index contributed by atoms with van der Waals surface area (Å²) >= 11 is 0. The molecule has 0 bridgehead atoms. The van der Waals surface area contributed by atoms with Crippen LogP contribution in [0.15, 0.2) is 86.3 Å². The third kappa shape index (κ3) is 5.30. The number of phenolic OH excluding ortho intramolecular Hbond substituents is 1. The van der Waals surface area contributed by atoms with Gasteiger partial charge in [-0.05, 0) is 48.9 Å². The van der Waals surface area contributed by atoms with Crippen molar-refractivity contribution in [2.24, 2.45) is 0 Å². The second kappa shape index (κ2) is 9.30. The van der Waals surface area contributed by atoms with Crippen molar-refractivity contribution >= 4 is 25.6 Å². The van der Waals surface area contributed by atoms with Crippen LogP contribution in [0.25, 0.3) is 0 Å². The zero-order chi connectivity index (χ0) is 26.2. The first-order valence-electron chi connectivity index (χ1n) is 9.71. The largest absolute Gasteiger partial charge is 0.508 e. The van der Waals surface area contributed by atoms with E-state index in [2.05, 4.69) is 0 Å². The first-order chi connectivity index (χ1) is 16.2. The van der Waals surface area contributed by atoms with Gasteiger partial charge < -0.3 is 10.4 Å². The van der Waals surface area contributed by atoms with Crippen LogP contribution in [-0.2, 0) is 24.5 Å². The van der Waals surface area contributed by atoms with Gasteiger partial charge in [0, 0.05) is 6.07 Å². The number of nitrogens with one attached hydrogen (secondary N) is 1. The van der Waals surface area contributed by atoms with Crippen LogP contribution in [0.5, 0.6) is 5.75 Å². The van der Waals surface area contributed by atoms with Crippen LogP contribution >= 0.6 is 0 Å². The summed E-state index contributed by atoms with van der Waals surface area (Å²) in [4.78, 5) is 8.29. The highest BCUT2D eigenvalue weighted by Crippen LogP contribution is 2.34. The lowest BCUT2D eigenvalue weighted by atomic mass is 10.1. The Bertz CT molecular complexity index is 1490. The summed E-state index contributed by atoms with van der Waals surface area (Å²) in [5.74, 6) is -3.88. The average Bonchev–Trinajstić information content (AvgIpc) is 2.78. The van der Waals surface area contributed by atoms with E-state index < -0.39 is 68.9 Å². The number of sulfone groups is 2. The number of alkyl halides is 3. The predicted molar refractivity (Wildman–Crippen MR) is 114 cm³/mol. The molecule has 0 heterocycles. The monoisotopic (exact) mass is 531 g/mol. The van der Waals surface area contributed by atoms with Gasteiger partial charge in [0.15, 0.2) is 0 Å². The Balaban J connectivity index is 2.04. The molecule has 13 heteroatoms. The molecule has 0 aliphatic heterocycles. The minimum absolute atomic E-state index is 0.145. The molecular formula is C22H17F4NO6S2. The molecule has 7 nitrogen and oxygen atoms in total. The molecule has 0 aliphatic carbocycles. The Labute approximate surface area is 197 Å². The topological polar surface area (TPSA) is 118 Å². The number of carbonyl (C=O) groups is 1. The highest BCUT2D eigenvalue weighted by Gasteiger charge is 2.39. The summed E-state index contributed by atoms with van der Waals surface area (Å²) in [6, 6.07) is 10.00. The van der Waals surface area contributed by atoms with Gasteiger partial charge in [-0.15, -0.1) is 0 Å². The maximum absolute atomic E-state index is 14.2. The van der Waals surface area contributed by atoms with E-state index in [1.165, 1.54) is 19.1 Å². The van der Waals surface area contributed by atoms with Gasteiger partial charge in [-0.3, -0.25) is 4.79 Å². The van der Waals surface area contributed by atoms with E-state index >= 15 is 0 Å². The van der Waals surface area contributed by atoms with Crippen molar-refractivity contribution in [2.75, 3.05) is 0 Å². The quantitative estimate of drug-likeness (QED) is 0.466. The van der Waals surface area contributed by atoms with Gasteiger partial charge in [0.05, 0.1) is 20.7 Å². The van der Waals surface area contributed by atoms with Gasteiger partial charge in [0.1, 0.15) is 16.5 Å². The molecular weight excluding hydrogens is 514 g/mol. The Kier molecular flexibility index (Phi) is 6.95. The second-order valence-electron chi connectivity index (χ2n) is 7.33. The first-order valence-corrected chi connectivity index (χ1v) is 12.7. The maximum Gasteiger partial charge on any atom is 0.471 e. The Morgan fingerprint density at radius 2 is 1.46 bits per heavy atom. The predicted octanol–water partition coefficient (Wildman–Crippen LogP) is 3.94. The Morgan fingerprint density at radius 1 is 0.857 bits per heavy atom. The average molecular weight is 532 g/mol. The summed E-state index contributed by atoms with van der Waals surface area (Å²) in [5, 5.41) is 11.5. The van der Waals surface area contributed by atoms with E-state index in [1.54, 1.807) is 5.32 Å². The van der Waals surface area contributed by atoms with Gasteiger partial charge in [-0.2, -0.15) is 13.2 Å². The van der Waals surface area contributed by atoms with E-state index in [0.29, 0.717) is 6.07 Å². The van der Waals surface area contributed by atoms with Crippen LogP contribution in [0, 0.1) is 5.82 Å². The molecule has 1 unspecified atom stereocenters. The summed E-state index contributed by atoms with van der Waals surface area (Å²) in [6.07, 6.45) is -5.10. The number of rotatable bonds is 6. The zero-order valence-electron chi connectivity index (χ0n) is 17.7. The van der Waals surface area contributed by atoms with E-state index in [-0.39, 0.29) is 5.56 Å². The van der Waals surface area contributed by atoms with Crippen molar-refractivity contribution in [1.82, 2.24) is 5.32 Å². The molecule has 0 aliphatic rings. The van der Waals surface area contributed by atoms with Crippen molar-refractivity contribution < 1.29 is 44.3 Å². The lowest BCUT2D eigenvalue weighted by Crippen LogP contribution is -2.38. The molecule has 3 aromatic rings. The van der Waals surface area contributed by atoms with Crippen LogP contribution in [0.3, 0.4) is 0 Å². The number of halogens is 4. The van der Waals surface area contributed by atoms with Crippen molar-refractivity contribution in [1.29, 1.82) is 0 Å². The standard InChI is InChI=1S/C22H17F4NO6S2/c1-13(27-21(29)22(24,25)26)14-6-9-16(10-7-14)34(30,31)19-11-8-15(28)12-20(19)35(32,33)18-5-3-2-4-17(18)23/h2-13,28H,1H3,(H,27,29). The van der Waals surface area contributed by atoms with Crippen molar-refractivity contribution in [3.8, 4) is 5.75 Å². The highest BCUT2D eigenvalue weighted by molar-refractivity contribution is 7.94. The Hall–Kier alpha value is -3.45. The number of benzene rings is 3. The highest BCUT2D eigenvalue weighted by atomic mass is 32.2. The summed E-state index contributed by atoms with van der Waals surface area (Å²) in [6.45, 7) is 1.26. The van der Waals surface area contributed by atoms with Crippen LogP contribution < -0.4 is 5.32 Å². The SMILES string of the molecule is CC(NC(=O)C(F)(F)F)c1ccc(S(=O)(=O)c2ccc(O)cc2S(=O)(=O)c2ccccc2F)cc1. The molecule has 3 rings (SSSR count). The van der Waals surface area contributed by atoms with Crippen LogP contribution in [0.1, 0.15) is 18.5 Å². The second-order valence-corrected chi connectivity index (χ2v) is 11.1. The first kappa shape index (κ1) is 26.2. The fourth-order valence-corrected chi connectivity index (χ4v) is 6.54. The number of carbonyl (C=O) groups excluding carboxylic acids is 1. The van der Waals surface area contributed by atoms with Crippen LogP contribution in [0.2, 0.25) is 0 Å². The number of phenols is 1. The van der Waals surface area contributed by atoms with E-state index in [0.717, 1.165) is 48.5 Å². The lowest BCUT2D eigenvalue weighted by molar-refractivity contribution is -0.174. The molecule has 186 valence electrons. The normalized spacial score (nSPS) is 13.3. The van der Waals surface area contributed by atoms with Gasteiger partial charge >= 0.3 is 12.1 Å². The fraction of sp³-hybridized carbons (Fsp3) is 0.136. The van der Waals surface area contributed by atoms with Crippen LogP contribution in [0.4, 0.5) is 17.6 Å². The number of hydrogen-bond acceptors (Lipinski definition) is 6. The van der Waals surface area contributed by atoms with Gasteiger partial charge in [0.2, 0.25) is 19.7 Å². The molecule has 35 heavy (non-hydrogen) atoms. The smallest absolute Gasteiger partial charge is 0.471 e. The molecule has 1 amide bonds. The van der Waals surface area contributed by atoms with Gasteiger partial charge in [-0.1, -0.05) is 24.3 Å². The third-order valence-corrected chi connectivity index (χ3v) is 8.71. The molecule has 0 saturated carbocycles. The molecule has 0 radical (unpaired) electrons. The molecule has 0 aromatic heterocycles. The van der Waals surface area contributed by atoms with Crippen molar-refractivity contribution in [3.05, 3.63) is 78.1 Å². The molecule has 2 N–H and O–H groups in total. The number of hydrogen-bond donors (Lipinski definition) is 2. The zero-order valence-corrected chi connectivity index (χ0v) is 19.4. The van der Waals surface area contributed by atoms with E-state index in [4.69, 9.17) is 0 Å². The van der Waals surface area contributed by atoms with Gasteiger partial charge in [-0.25, -0.2) is 21.2 Å². The summed E-state index contributed by atoms with van der Waals surface area (Å²) < 4.78 is 104. The van der Waals surface area contributed by atoms with Gasteiger partial charge in [0.25, 0.3) is 0 Å². The number of aromatic hydroxyl groups is 1. The molecule has 0 fully saturated rings. The van der Waals surface area contributed by atoms with E-state index in [1.807, 2.05) is 0 Å². The minimum Gasteiger partial charge on any atom is -0.508 e. The van der Waals surface area contributed by atoms with Crippen molar-refractivity contribution in [2.45, 2.75) is 38.7 Å².